The molecule has 2 aliphatic rings. The highest BCUT2D eigenvalue weighted by Crippen LogP contribution is 2.40. The summed E-state index contributed by atoms with van der Waals surface area (Å²) in [6.45, 7) is 9.52. The van der Waals surface area contributed by atoms with Crippen molar-refractivity contribution in [2.24, 2.45) is 0 Å². The van der Waals surface area contributed by atoms with Crippen LogP contribution in [0.1, 0.15) is 69.9 Å². The third kappa shape index (κ3) is 4.03. The zero-order valence-corrected chi connectivity index (χ0v) is 16.4. The van der Waals surface area contributed by atoms with E-state index in [0.29, 0.717) is 5.54 Å². The van der Waals surface area contributed by atoms with Crippen LogP contribution in [0.4, 0.5) is 0 Å². The van der Waals surface area contributed by atoms with Gasteiger partial charge >= 0.3 is 0 Å². The minimum absolute atomic E-state index is 0.271. The van der Waals surface area contributed by atoms with E-state index in [9.17, 15) is 0 Å². The minimum Gasteiger partial charge on any atom is -0.302 e. The van der Waals surface area contributed by atoms with E-state index >= 15 is 0 Å². The van der Waals surface area contributed by atoms with Crippen LogP contribution in [-0.4, -0.2) is 48.1 Å². The molecule has 1 aliphatic carbocycles. The van der Waals surface area contributed by atoms with Crippen LogP contribution in [0.3, 0.4) is 0 Å². The first-order valence-electron chi connectivity index (χ1n) is 9.81. The van der Waals surface area contributed by atoms with Crippen LogP contribution in [0.15, 0.2) is 24.3 Å². The smallest absolute Gasteiger partial charge is 0.0334 e. The van der Waals surface area contributed by atoms with Gasteiger partial charge in [0.2, 0.25) is 0 Å². The van der Waals surface area contributed by atoms with Gasteiger partial charge in [-0.3, -0.25) is 4.90 Å². The van der Waals surface area contributed by atoms with E-state index in [1.54, 1.807) is 5.56 Å². The van der Waals surface area contributed by atoms with Crippen LogP contribution in [0.25, 0.3) is 0 Å². The van der Waals surface area contributed by atoms with Crippen LogP contribution < -0.4 is 0 Å². The second-order valence-electron chi connectivity index (χ2n) is 9.33. The molecule has 1 aromatic carbocycles. The Morgan fingerprint density at radius 1 is 1.21 bits per heavy atom. The molecule has 24 heavy (non-hydrogen) atoms. The highest BCUT2D eigenvalue weighted by Gasteiger charge is 2.40. The first-order chi connectivity index (χ1) is 11.3. The summed E-state index contributed by atoms with van der Waals surface area (Å²) in [4.78, 5) is 5.20. The average molecular weight is 329 g/mol. The molecule has 3 rings (SSSR count). The summed E-state index contributed by atoms with van der Waals surface area (Å²) >= 11 is 0. The van der Waals surface area contributed by atoms with Gasteiger partial charge in [-0.25, -0.2) is 0 Å². The lowest BCUT2D eigenvalue weighted by Crippen LogP contribution is -2.60. The topological polar surface area (TPSA) is 6.48 Å². The van der Waals surface area contributed by atoms with E-state index in [1.165, 1.54) is 57.2 Å². The molecule has 0 amide bonds. The monoisotopic (exact) mass is 328 g/mol. The number of hydrogen-bond donors (Lipinski definition) is 0. The predicted molar refractivity (Wildman–Crippen MR) is 104 cm³/mol. The zero-order chi connectivity index (χ0) is 17.4. The Labute approximate surface area is 149 Å². The maximum atomic E-state index is 2.69. The molecule has 0 radical (unpaired) electrons. The fraction of sp³-hybridized carbons (Fsp3) is 0.727. The third-order valence-electron chi connectivity index (χ3n) is 6.33. The summed E-state index contributed by atoms with van der Waals surface area (Å²) in [6, 6.07) is 9.41. The molecule has 134 valence electrons. The van der Waals surface area contributed by atoms with E-state index in [4.69, 9.17) is 0 Å². The molecule has 1 saturated heterocycles. The van der Waals surface area contributed by atoms with Crippen LogP contribution in [0, 0.1) is 0 Å². The number of likely N-dealkylation sites (tertiary alicyclic amines) is 1. The highest BCUT2D eigenvalue weighted by atomic mass is 15.3. The van der Waals surface area contributed by atoms with E-state index in [-0.39, 0.29) is 5.54 Å². The quantitative estimate of drug-likeness (QED) is 0.773. The summed E-state index contributed by atoms with van der Waals surface area (Å²) in [5.41, 5.74) is 3.70. The van der Waals surface area contributed by atoms with Gasteiger partial charge in [0.05, 0.1) is 0 Å². The van der Waals surface area contributed by atoms with Gasteiger partial charge in [-0.15, -0.1) is 0 Å². The van der Waals surface area contributed by atoms with Gasteiger partial charge in [0.15, 0.2) is 0 Å². The first-order valence-corrected chi connectivity index (χ1v) is 9.81. The standard InChI is InChI=1S/C22H36N2/c1-21(2,3)24-15-7-13-22(17-24,23(4)5)14-12-18-8-6-9-20(16-18)19-10-11-19/h6,8-9,16,19H,7,10-15,17H2,1-5H3/t22-/m1/s1. The van der Waals surface area contributed by atoms with Crippen molar-refractivity contribution >= 4 is 0 Å². The summed E-state index contributed by atoms with van der Waals surface area (Å²) in [5, 5.41) is 0. The molecule has 2 heteroatoms. The van der Waals surface area contributed by atoms with Gasteiger partial charge < -0.3 is 4.90 Å². The van der Waals surface area contributed by atoms with Crippen molar-refractivity contribution in [3.63, 3.8) is 0 Å². The molecule has 1 saturated carbocycles. The van der Waals surface area contributed by atoms with E-state index in [2.05, 4.69) is 68.9 Å². The van der Waals surface area contributed by atoms with Gasteiger partial charge in [-0.05, 0) is 97.0 Å². The molecule has 0 spiro atoms. The summed E-state index contributed by atoms with van der Waals surface area (Å²) in [7, 11) is 4.57. The lowest BCUT2D eigenvalue weighted by molar-refractivity contribution is -0.00392. The molecule has 1 atom stereocenters. The number of nitrogens with zero attached hydrogens (tertiary/aromatic N) is 2. The van der Waals surface area contributed by atoms with E-state index in [0.717, 1.165) is 5.92 Å². The number of aryl methyl sites for hydroxylation is 1. The van der Waals surface area contributed by atoms with Gasteiger partial charge in [0, 0.05) is 17.6 Å². The van der Waals surface area contributed by atoms with E-state index < -0.39 is 0 Å². The number of rotatable bonds is 5. The van der Waals surface area contributed by atoms with Crippen molar-refractivity contribution in [1.29, 1.82) is 0 Å². The summed E-state index contributed by atoms with van der Waals surface area (Å²) < 4.78 is 0. The molecular weight excluding hydrogens is 292 g/mol. The molecule has 0 N–H and O–H groups in total. The number of piperidine rings is 1. The lowest BCUT2D eigenvalue weighted by atomic mass is 9.81. The number of benzene rings is 1. The predicted octanol–water partition coefficient (Wildman–Crippen LogP) is 4.69. The second-order valence-corrected chi connectivity index (χ2v) is 9.33. The largest absolute Gasteiger partial charge is 0.302 e. The lowest BCUT2D eigenvalue weighted by Gasteiger charge is -2.51. The molecule has 2 nitrogen and oxygen atoms in total. The van der Waals surface area contributed by atoms with Crippen molar-refractivity contribution in [3.05, 3.63) is 35.4 Å². The molecule has 1 heterocycles. The third-order valence-corrected chi connectivity index (χ3v) is 6.33. The number of likely N-dealkylation sites (N-methyl/N-ethyl adjacent to an activating group) is 1. The molecule has 1 aliphatic heterocycles. The Balaban J connectivity index is 1.70. The Bertz CT molecular complexity index is 553. The van der Waals surface area contributed by atoms with Crippen molar-refractivity contribution in [2.75, 3.05) is 27.2 Å². The van der Waals surface area contributed by atoms with Gasteiger partial charge in [0.25, 0.3) is 0 Å². The van der Waals surface area contributed by atoms with Gasteiger partial charge in [-0.1, -0.05) is 24.3 Å². The second kappa shape index (κ2) is 6.80. The van der Waals surface area contributed by atoms with Gasteiger partial charge in [0.1, 0.15) is 0 Å². The van der Waals surface area contributed by atoms with Crippen molar-refractivity contribution < 1.29 is 0 Å². The fourth-order valence-corrected chi connectivity index (χ4v) is 4.27. The van der Waals surface area contributed by atoms with Crippen LogP contribution in [-0.2, 0) is 6.42 Å². The Hall–Kier alpha value is -0.860. The zero-order valence-electron chi connectivity index (χ0n) is 16.4. The average Bonchev–Trinajstić information content (AvgIpc) is 3.37. The Kier molecular flexibility index (Phi) is 5.09. The normalized spacial score (nSPS) is 26.1. The van der Waals surface area contributed by atoms with Crippen LogP contribution in [0.2, 0.25) is 0 Å². The molecule has 2 fully saturated rings. The highest BCUT2D eigenvalue weighted by molar-refractivity contribution is 5.29. The first kappa shape index (κ1) is 17.9. The number of hydrogen-bond acceptors (Lipinski definition) is 2. The maximum absolute atomic E-state index is 2.69. The van der Waals surface area contributed by atoms with Crippen molar-refractivity contribution in [2.45, 2.75) is 76.3 Å². The van der Waals surface area contributed by atoms with Crippen molar-refractivity contribution in [1.82, 2.24) is 9.80 Å². The molecule has 0 bridgehead atoms. The fourth-order valence-electron chi connectivity index (χ4n) is 4.27. The maximum Gasteiger partial charge on any atom is 0.0334 e. The summed E-state index contributed by atoms with van der Waals surface area (Å²) in [5.74, 6) is 0.860. The van der Waals surface area contributed by atoms with Crippen LogP contribution >= 0.6 is 0 Å². The van der Waals surface area contributed by atoms with Crippen molar-refractivity contribution in [3.8, 4) is 0 Å². The van der Waals surface area contributed by atoms with Gasteiger partial charge in [-0.2, -0.15) is 0 Å². The minimum atomic E-state index is 0.271. The Morgan fingerprint density at radius 2 is 1.96 bits per heavy atom. The summed E-state index contributed by atoms with van der Waals surface area (Å²) in [6.07, 6.45) is 7.90. The van der Waals surface area contributed by atoms with E-state index in [1.807, 2.05) is 0 Å². The SMILES string of the molecule is CN(C)[C@@]1(CCc2cccc(C3CC3)c2)CCCN(C(C)(C)C)C1. The Morgan fingerprint density at radius 3 is 2.58 bits per heavy atom. The van der Waals surface area contributed by atoms with Crippen LogP contribution in [0.5, 0.6) is 0 Å². The molecule has 0 aromatic heterocycles. The molecule has 0 unspecified atom stereocenters. The molecule has 1 aromatic rings. The molecular formula is C22H36N2.